The zero-order chi connectivity index (χ0) is 22.6. The Morgan fingerprint density at radius 3 is 1.97 bits per heavy atom. The van der Waals surface area contributed by atoms with E-state index in [1.165, 1.54) is 24.1 Å². The summed E-state index contributed by atoms with van der Waals surface area (Å²) in [7, 11) is 4.77. The number of halogens is 1. The van der Waals surface area contributed by atoms with Gasteiger partial charge in [-0.25, -0.2) is 4.39 Å². The molecule has 4 nitrogen and oxygen atoms in total. The van der Waals surface area contributed by atoms with Gasteiger partial charge in [-0.3, -0.25) is 0 Å². The zero-order valence-electron chi connectivity index (χ0n) is 18.4. The molecule has 0 spiro atoms. The number of anilines is 1. The number of rotatable bonds is 8. The molecule has 0 heterocycles. The molecule has 0 radical (unpaired) electrons. The summed E-state index contributed by atoms with van der Waals surface area (Å²) >= 11 is 1.43. The number of nitrogens with one attached hydrogen (secondary N) is 1. The van der Waals surface area contributed by atoms with Crippen LogP contribution in [0.2, 0.25) is 0 Å². The van der Waals surface area contributed by atoms with Crippen molar-refractivity contribution in [2.24, 2.45) is 0 Å². The standard InChI is InChI=1S/C23H22FNO3S.C2H6/c1-26-21-14-17(15-22(27-2)23(21)28-3)8-7-16-5-4-6-19(13-16)25-29-20-11-9-18(24)10-12-20;1-2/h4-15,25H,1-3H3;1-2H3/b8-7-;. The molecule has 0 aliphatic carbocycles. The van der Waals surface area contributed by atoms with Gasteiger partial charge in [-0.1, -0.05) is 38.1 Å². The van der Waals surface area contributed by atoms with Crippen molar-refractivity contribution >= 4 is 29.8 Å². The van der Waals surface area contributed by atoms with E-state index in [4.69, 9.17) is 14.2 Å². The first kappa shape index (κ1) is 24.2. The Hall–Kier alpha value is -3.12. The molecule has 6 heteroatoms. The molecule has 0 fully saturated rings. The highest BCUT2D eigenvalue weighted by molar-refractivity contribution is 8.00. The van der Waals surface area contributed by atoms with Crippen molar-refractivity contribution < 1.29 is 18.6 Å². The van der Waals surface area contributed by atoms with Gasteiger partial charge >= 0.3 is 0 Å². The smallest absolute Gasteiger partial charge is 0.203 e. The lowest BCUT2D eigenvalue weighted by atomic mass is 10.1. The minimum absolute atomic E-state index is 0.242. The summed E-state index contributed by atoms with van der Waals surface area (Å²) in [6.07, 6.45) is 3.99. The number of ether oxygens (including phenoxy) is 3. The average Bonchev–Trinajstić information content (AvgIpc) is 2.83. The third kappa shape index (κ3) is 6.96. The van der Waals surface area contributed by atoms with Crippen LogP contribution in [0.25, 0.3) is 12.2 Å². The van der Waals surface area contributed by atoms with Gasteiger partial charge in [0.25, 0.3) is 0 Å². The predicted molar refractivity (Wildman–Crippen MR) is 129 cm³/mol. The van der Waals surface area contributed by atoms with Crippen molar-refractivity contribution in [3.8, 4) is 17.2 Å². The van der Waals surface area contributed by atoms with Gasteiger partial charge in [0, 0.05) is 10.6 Å². The van der Waals surface area contributed by atoms with E-state index in [1.807, 2.05) is 62.4 Å². The van der Waals surface area contributed by atoms with Crippen LogP contribution < -0.4 is 18.9 Å². The second-order valence-corrected chi connectivity index (χ2v) is 6.96. The molecule has 164 valence electrons. The van der Waals surface area contributed by atoms with Gasteiger partial charge < -0.3 is 18.9 Å². The highest BCUT2D eigenvalue weighted by Gasteiger charge is 2.11. The lowest BCUT2D eigenvalue weighted by molar-refractivity contribution is 0.324. The van der Waals surface area contributed by atoms with Crippen LogP contribution in [0.15, 0.2) is 65.6 Å². The van der Waals surface area contributed by atoms with Gasteiger partial charge in [0.2, 0.25) is 5.75 Å². The van der Waals surface area contributed by atoms with Crippen molar-refractivity contribution in [2.45, 2.75) is 18.7 Å². The highest BCUT2D eigenvalue weighted by Crippen LogP contribution is 2.38. The van der Waals surface area contributed by atoms with E-state index in [-0.39, 0.29) is 5.82 Å². The zero-order valence-corrected chi connectivity index (χ0v) is 19.3. The van der Waals surface area contributed by atoms with Crippen molar-refractivity contribution in [3.05, 3.63) is 77.6 Å². The van der Waals surface area contributed by atoms with Gasteiger partial charge in [0.05, 0.1) is 21.3 Å². The lowest BCUT2D eigenvalue weighted by Crippen LogP contribution is -1.95. The molecule has 3 aromatic rings. The summed E-state index contributed by atoms with van der Waals surface area (Å²) in [4.78, 5) is 0.935. The van der Waals surface area contributed by atoms with E-state index >= 15 is 0 Å². The molecule has 0 saturated heterocycles. The maximum atomic E-state index is 13.0. The van der Waals surface area contributed by atoms with Crippen LogP contribution in [0.1, 0.15) is 25.0 Å². The molecule has 31 heavy (non-hydrogen) atoms. The molecule has 0 bridgehead atoms. The maximum absolute atomic E-state index is 13.0. The third-order valence-electron chi connectivity index (χ3n) is 4.14. The molecule has 3 rings (SSSR count). The number of benzene rings is 3. The molecular formula is C25H28FNO3S. The van der Waals surface area contributed by atoms with E-state index in [1.54, 1.807) is 33.5 Å². The first-order valence-electron chi connectivity index (χ1n) is 9.89. The first-order chi connectivity index (χ1) is 15.1. The lowest BCUT2D eigenvalue weighted by Gasteiger charge is -2.12. The van der Waals surface area contributed by atoms with E-state index in [2.05, 4.69) is 4.72 Å². The van der Waals surface area contributed by atoms with Gasteiger partial charge in [-0.2, -0.15) is 0 Å². The van der Waals surface area contributed by atoms with Gasteiger partial charge in [0.1, 0.15) is 5.82 Å². The summed E-state index contributed by atoms with van der Waals surface area (Å²) in [6, 6.07) is 18.2. The Kier molecular flexibility index (Phi) is 9.78. The Morgan fingerprint density at radius 1 is 0.774 bits per heavy atom. The largest absolute Gasteiger partial charge is 0.493 e. The fraction of sp³-hybridized carbons (Fsp3) is 0.200. The minimum Gasteiger partial charge on any atom is -0.493 e. The molecule has 0 atom stereocenters. The van der Waals surface area contributed by atoms with Crippen molar-refractivity contribution in [1.82, 2.24) is 0 Å². The minimum atomic E-state index is -0.242. The average molecular weight is 442 g/mol. The van der Waals surface area contributed by atoms with Crippen molar-refractivity contribution in [1.29, 1.82) is 0 Å². The second-order valence-electron chi connectivity index (χ2n) is 6.08. The Bertz CT molecular complexity index is 965. The van der Waals surface area contributed by atoms with Crippen LogP contribution >= 0.6 is 11.9 Å². The Morgan fingerprint density at radius 2 is 1.39 bits per heavy atom. The molecular weight excluding hydrogens is 413 g/mol. The van der Waals surface area contributed by atoms with E-state index < -0.39 is 0 Å². The molecule has 0 aliphatic rings. The molecule has 3 aromatic carbocycles. The topological polar surface area (TPSA) is 39.7 Å². The van der Waals surface area contributed by atoms with Gasteiger partial charge in [-0.15, -0.1) is 0 Å². The summed E-state index contributed by atoms with van der Waals surface area (Å²) < 4.78 is 32.4. The molecule has 0 amide bonds. The number of hydrogen-bond donors (Lipinski definition) is 1. The summed E-state index contributed by atoms with van der Waals surface area (Å²) in [5.41, 5.74) is 2.91. The van der Waals surface area contributed by atoms with Crippen LogP contribution in [0.4, 0.5) is 10.1 Å². The molecule has 0 aliphatic heterocycles. The quantitative estimate of drug-likeness (QED) is 0.296. The molecule has 0 saturated carbocycles. The maximum Gasteiger partial charge on any atom is 0.203 e. The van der Waals surface area contributed by atoms with Crippen LogP contribution in [0.5, 0.6) is 17.2 Å². The van der Waals surface area contributed by atoms with Crippen LogP contribution in [-0.4, -0.2) is 21.3 Å². The fourth-order valence-corrected chi connectivity index (χ4v) is 3.35. The fourth-order valence-electron chi connectivity index (χ4n) is 2.72. The van der Waals surface area contributed by atoms with Crippen molar-refractivity contribution in [3.63, 3.8) is 0 Å². The molecule has 1 N–H and O–H groups in total. The first-order valence-corrected chi connectivity index (χ1v) is 10.7. The monoisotopic (exact) mass is 441 g/mol. The predicted octanol–water partition coefficient (Wildman–Crippen LogP) is 7.17. The number of methoxy groups -OCH3 is 3. The number of hydrogen-bond acceptors (Lipinski definition) is 5. The third-order valence-corrected chi connectivity index (χ3v) is 4.99. The summed E-state index contributed by atoms with van der Waals surface area (Å²) in [5.74, 6) is 1.54. The molecule has 0 unspecified atom stereocenters. The van der Waals surface area contributed by atoms with E-state index in [0.29, 0.717) is 17.2 Å². The summed E-state index contributed by atoms with van der Waals surface area (Å²) in [6.45, 7) is 4.00. The van der Waals surface area contributed by atoms with Crippen LogP contribution in [0.3, 0.4) is 0 Å². The van der Waals surface area contributed by atoms with Crippen LogP contribution in [-0.2, 0) is 0 Å². The Balaban J connectivity index is 0.00000166. The van der Waals surface area contributed by atoms with Gasteiger partial charge in [0.15, 0.2) is 11.5 Å². The summed E-state index contributed by atoms with van der Waals surface area (Å²) in [5, 5.41) is 0. The molecule has 0 aromatic heterocycles. The van der Waals surface area contributed by atoms with E-state index in [9.17, 15) is 4.39 Å². The SMILES string of the molecule is CC.COc1cc(/C=C\c2cccc(NSc3ccc(F)cc3)c2)cc(OC)c1OC. The normalized spacial score (nSPS) is 10.3. The Labute approximate surface area is 188 Å². The highest BCUT2D eigenvalue weighted by atomic mass is 32.2. The van der Waals surface area contributed by atoms with Crippen molar-refractivity contribution in [2.75, 3.05) is 26.1 Å². The van der Waals surface area contributed by atoms with E-state index in [0.717, 1.165) is 21.7 Å². The second kappa shape index (κ2) is 12.5. The van der Waals surface area contributed by atoms with Gasteiger partial charge in [-0.05, 0) is 71.6 Å². The van der Waals surface area contributed by atoms with Crippen LogP contribution in [0, 0.1) is 5.82 Å².